The maximum absolute atomic E-state index is 12.7. The van der Waals surface area contributed by atoms with Crippen molar-refractivity contribution < 1.29 is 4.79 Å². The number of hydrogen-bond acceptors (Lipinski definition) is 5. The van der Waals surface area contributed by atoms with Gasteiger partial charge in [-0.25, -0.2) is 9.97 Å². The average Bonchev–Trinajstić information content (AvgIpc) is 2.65. The molecule has 0 unspecified atom stereocenters. The predicted octanol–water partition coefficient (Wildman–Crippen LogP) is 2.81. The van der Waals surface area contributed by atoms with Gasteiger partial charge in [0.1, 0.15) is 5.52 Å². The molecular weight excluding hydrogens is 338 g/mol. The molecule has 0 atom stereocenters. The SMILES string of the molecule is CN(C)CCNC(=O)c1cccc2nc3ccc4cc(N)ccc4c3nc12. The fourth-order valence-corrected chi connectivity index (χ4v) is 3.18. The predicted molar refractivity (Wildman–Crippen MR) is 110 cm³/mol. The molecule has 0 aliphatic carbocycles. The van der Waals surface area contributed by atoms with Gasteiger partial charge >= 0.3 is 0 Å². The van der Waals surface area contributed by atoms with Crippen molar-refractivity contribution in [3.63, 3.8) is 0 Å². The molecule has 1 heterocycles. The summed E-state index contributed by atoms with van der Waals surface area (Å²) >= 11 is 0. The number of anilines is 1. The Morgan fingerprint density at radius 2 is 1.85 bits per heavy atom. The number of carbonyl (C=O) groups is 1. The van der Waals surface area contributed by atoms with Crippen LogP contribution in [0, 0.1) is 0 Å². The van der Waals surface area contributed by atoms with Gasteiger partial charge in [0.2, 0.25) is 0 Å². The number of nitrogen functional groups attached to an aromatic ring is 1. The van der Waals surface area contributed by atoms with E-state index in [1.807, 2.05) is 61.5 Å². The van der Waals surface area contributed by atoms with Gasteiger partial charge in [0, 0.05) is 24.2 Å². The van der Waals surface area contributed by atoms with Gasteiger partial charge in [-0.2, -0.15) is 0 Å². The number of para-hydroxylation sites is 1. The Balaban J connectivity index is 1.85. The van der Waals surface area contributed by atoms with E-state index in [-0.39, 0.29) is 5.91 Å². The second-order valence-electron chi connectivity index (χ2n) is 6.87. The normalized spacial score (nSPS) is 11.5. The highest BCUT2D eigenvalue weighted by atomic mass is 16.1. The molecule has 0 aliphatic heterocycles. The van der Waals surface area contributed by atoms with Crippen molar-refractivity contribution in [3.05, 3.63) is 54.1 Å². The maximum Gasteiger partial charge on any atom is 0.253 e. The van der Waals surface area contributed by atoms with Crippen molar-refractivity contribution in [2.75, 3.05) is 32.9 Å². The van der Waals surface area contributed by atoms with Gasteiger partial charge in [-0.1, -0.05) is 18.2 Å². The second kappa shape index (κ2) is 6.81. The molecule has 1 aromatic heterocycles. The lowest BCUT2D eigenvalue weighted by molar-refractivity contribution is 0.0952. The molecule has 4 aromatic rings. The Bertz CT molecular complexity index is 1170. The monoisotopic (exact) mass is 359 g/mol. The van der Waals surface area contributed by atoms with Crippen LogP contribution in [0.2, 0.25) is 0 Å². The van der Waals surface area contributed by atoms with Crippen molar-refractivity contribution in [3.8, 4) is 0 Å². The Hall–Kier alpha value is -3.25. The van der Waals surface area contributed by atoms with Gasteiger partial charge in [-0.05, 0) is 49.8 Å². The van der Waals surface area contributed by atoms with Gasteiger partial charge < -0.3 is 16.0 Å². The van der Waals surface area contributed by atoms with E-state index in [1.165, 1.54) is 0 Å². The zero-order valence-electron chi connectivity index (χ0n) is 15.4. The zero-order valence-corrected chi connectivity index (χ0v) is 15.4. The van der Waals surface area contributed by atoms with E-state index in [0.29, 0.717) is 28.8 Å². The highest BCUT2D eigenvalue weighted by Crippen LogP contribution is 2.27. The third kappa shape index (κ3) is 3.27. The van der Waals surface area contributed by atoms with E-state index in [9.17, 15) is 4.79 Å². The molecule has 0 saturated carbocycles. The molecule has 136 valence electrons. The molecule has 0 bridgehead atoms. The van der Waals surface area contributed by atoms with Crippen LogP contribution in [-0.4, -0.2) is 48.0 Å². The number of likely N-dealkylation sites (N-methyl/N-ethyl adjacent to an activating group) is 1. The Morgan fingerprint density at radius 3 is 2.67 bits per heavy atom. The average molecular weight is 359 g/mol. The van der Waals surface area contributed by atoms with Gasteiger partial charge in [-0.3, -0.25) is 4.79 Å². The van der Waals surface area contributed by atoms with Crippen molar-refractivity contribution >= 4 is 44.4 Å². The number of nitrogens with one attached hydrogen (secondary N) is 1. The summed E-state index contributed by atoms with van der Waals surface area (Å²) in [6, 6.07) is 15.2. The third-order valence-electron chi connectivity index (χ3n) is 4.56. The molecule has 0 saturated heterocycles. The summed E-state index contributed by atoms with van der Waals surface area (Å²) in [5.74, 6) is -0.138. The van der Waals surface area contributed by atoms with E-state index in [2.05, 4.69) is 5.32 Å². The van der Waals surface area contributed by atoms with Crippen LogP contribution in [-0.2, 0) is 0 Å². The van der Waals surface area contributed by atoms with E-state index >= 15 is 0 Å². The van der Waals surface area contributed by atoms with Gasteiger partial charge in [-0.15, -0.1) is 0 Å². The van der Waals surface area contributed by atoms with Crippen molar-refractivity contribution in [2.45, 2.75) is 0 Å². The summed E-state index contributed by atoms with van der Waals surface area (Å²) in [5, 5.41) is 4.93. The van der Waals surface area contributed by atoms with Crippen molar-refractivity contribution in [1.82, 2.24) is 20.2 Å². The molecule has 4 rings (SSSR count). The van der Waals surface area contributed by atoms with Crippen LogP contribution in [0.15, 0.2) is 48.5 Å². The molecule has 0 radical (unpaired) electrons. The summed E-state index contributed by atoms with van der Waals surface area (Å²) in [6.45, 7) is 1.35. The number of aromatic nitrogens is 2. The number of carbonyl (C=O) groups excluding carboxylic acids is 1. The molecular formula is C21H21N5O. The number of nitrogens with zero attached hydrogens (tertiary/aromatic N) is 3. The molecule has 0 aliphatic rings. The van der Waals surface area contributed by atoms with Crippen LogP contribution in [0.1, 0.15) is 10.4 Å². The molecule has 6 nitrogen and oxygen atoms in total. The first-order valence-electron chi connectivity index (χ1n) is 8.84. The molecule has 3 aromatic carbocycles. The minimum Gasteiger partial charge on any atom is -0.399 e. The number of rotatable bonds is 4. The number of nitrogens with two attached hydrogens (primary N) is 1. The highest BCUT2D eigenvalue weighted by Gasteiger charge is 2.14. The molecule has 3 N–H and O–H groups in total. The van der Waals surface area contributed by atoms with Crippen LogP contribution in [0.3, 0.4) is 0 Å². The van der Waals surface area contributed by atoms with Gasteiger partial charge in [0.05, 0.1) is 22.1 Å². The summed E-state index contributed by atoms with van der Waals surface area (Å²) in [6.07, 6.45) is 0. The minimum atomic E-state index is -0.138. The molecule has 0 spiro atoms. The fraction of sp³-hybridized carbons (Fsp3) is 0.190. The van der Waals surface area contributed by atoms with E-state index in [0.717, 1.165) is 28.4 Å². The minimum absolute atomic E-state index is 0.138. The number of benzene rings is 3. The number of amides is 1. The molecule has 27 heavy (non-hydrogen) atoms. The Morgan fingerprint density at radius 1 is 1.04 bits per heavy atom. The first-order valence-corrected chi connectivity index (χ1v) is 8.84. The smallest absolute Gasteiger partial charge is 0.253 e. The largest absolute Gasteiger partial charge is 0.399 e. The standard InChI is InChI=1S/C21H21N5O/c1-26(2)11-10-23-21(27)16-4-3-5-17-20(16)25-19-15-8-7-14(22)12-13(15)6-9-18(19)24-17/h3-9,12H,10-11,22H2,1-2H3,(H,23,27). The third-order valence-corrected chi connectivity index (χ3v) is 4.56. The van der Waals surface area contributed by atoms with Gasteiger partial charge in [0.25, 0.3) is 5.91 Å². The van der Waals surface area contributed by atoms with Crippen LogP contribution in [0.25, 0.3) is 32.8 Å². The van der Waals surface area contributed by atoms with Crippen LogP contribution >= 0.6 is 0 Å². The second-order valence-corrected chi connectivity index (χ2v) is 6.87. The number of fused-ring (bicyclic) bond motifs is 4. The van der Waals surface area contributed by atoms with Crippen LogP contribution in [0.4, 0.5) is 5.69 Å². The van der Waals surface area contributed by atoms with Crippen LogP contribution < -0.4 is 11.1 Å². The molecule has 0 fully saturated rings. The van der Waals surface area contributed by atoms with Crippen LogP contribution in [0.5, 0.6) is 0 Å². The topological polar surface area (TPSA) is 84.1 Å². The quantitative estimate of drug-likeness (QED) is 0.332. The Labute approximate surface area is 157 Å². The lowest BCUT2D eigenvalue weighted by Gasteiger charge is -2.12. The summed E-state index contributed by atoms with van der Waals surface area (Å²) < 4.78 is 0. The first-order chi connectivity index (χ1) is 13.0. The molecule has 6 heteroatoms. The number of hydrogen-bond donors (Lipinski definition) is 2. The summed E-state index contributed by atoms with van der Waals surface area (Å²) in [7, 11) is 3.94. The first kappa shape index (κ1) is 17.2. The fourth-order valence-electron chi connectivity index (χ4n) is 3.18. The lowest BCUT2D eigenvalue weighted by atomic mass is 10.1. The van der Waals surface area contributed by atoms with E-state index < -0.39 is 0 Å². The Kier molecular flexibility index (Phi) is 4.33. The molecule has 1 amide bonds. The summed E-state index contributed by atoms with van der Waals surface area (Å²) in [4.78, 5) is 24.2. The van der Waals surface area contributed by atoms with Crippen molar-refractivity contribution in [2.24, 2.45) is 0 Å². The van der Waals surface area contributed by atoms with Gasteiger partial charge in [0.15, 0.2) is 0 Å². The lowest BCUT2D eigenvalue weighted by Crippen LogP contribution is -2.31. The highest BCUT2D eigenvalue weighted by molar-refractivity contribution is 6.10. The van der Waals surface area contributed by atoms with E-state index in [4.69, 9.17) is 15.7 Å². The van der Waals surface area contributed by atoms with Crippen molar-refractivity contribution in [1.29, 1.82) is 0 Å². The maximum atomic E-state index is 12.7. The summed E-state index contributed by atoms with van der Waals surface area (Å²) in [5.41, 5.74) is 10.0. The zero-order chi connectivity index (χ0) is 19.0. The van der Waals surface area contributed by atoms with E-state index in [1.54, 1.807) is 6.07 Å².